The van der Waals surface area contributed by atoms with Gasteiger partial charge in [-0.3, -0.25) is 19.2 Å². The van der Waals surface area contributed by atoms with Gasteiger partial charge in [-0.25, -0.2) is 8.42 Å². The third kappa shape index (κ3) is 6.65. The summed E-state index contributed by atoms with van der Waals surface area (Å²) in [5.74, 6) is -0.429. The molecule has 0 fully saturated rings. The zero-order valence-corrected chi connectivity index (χ0v) is 22.3. The van der Waals surface area contributed by atoms with E-state index in [1.165, 1.54) is 39.5 Å². The number of hydrogen-bond donors (Lipinski definition) is 1. The summed E-state index contributed by atoms with van der Waals surface area (Å²) >= 11 is 2.15. The number of benzene rings is 2. The third-order valence-electron chi connectivity index (χ3n) is 4.74. The van der Waals surface area contributed by atoms with Crippen molar-refractivity contribution in [2.45, 2.75) is 16.2 Å². The lowest BCUT2D eigenvalue weighted by molar-refractivity contribution is -0.137. The Morgan fingerprint density at radius 1 is 1.06 bits per heavy atom. The highest BCUT2D eigenvalue weighted by atomic mass is 32.2. The van der Waals surface area contributed by atoms with Gasteiger partial charge in [-0.05, 0) is 31.2 Å². The van der Waals surface area contributed by atoms with Crippen LogP contribution in [0.2, 0.25) is 0 Å². The van der Waals surface area contributed by atoms with Crippen molar-refractivity contribution in [3.05, 3.63) is 48.0 Å². The topological polar surface area (TPSA) is 137 Å². The Morgan fingerprint density at radius 3 is 2.42 bits per heavy atom. The Balaban J connectivity index is 1.91. The van der Waals surface area contributed by atoms with E-state index in [4.69, 9.17) is 9.47 Å². The number of carbonyl (C=O) groups excluding carboxylic acids is 2. The SMILES string of the molecule is COC(=O)CSc1nnc(NC(=O)CN(c2cc(OC)ccc2OC)S(=O)(=O)c2ccc(C)cc2)s1. The molecule has 192 valence electrons. The monoisotopic (exact) mass is 552 g/mol. The van der Waals surface area contributed by atoms with Crippen molar-refractivity contribution in [3.8, 4) is 11.5 Å². The summed E-state index contributed by atoms with van der Waals surface area (Å²) in [7, 11) is -0.0563. The van der Waals surface area contributed by atoms with Gasteiger partial charge < -0.3 is 14.2 Å². The predicted molar refractivity (Wildman–Crippen MR) is 137 cm³/mol. The number of rotatable bonds is 11. The molecule has 0 atom stereocenters. The van der Waals surface area contributed by atoms with Crippen LogP contribution in [0.4, 0.5) is 10.8 Å². The molecule has 3 aromatic rings. The second kappa shape index (κ2) is 12.1. The molecule has 0 spiro atoms. The van der Waals surface area contributed by atoms with Crippen molar-refractivity contribution in [2.75, 3.05) is 43.2 Å². The Kier molecular flexibility index (Phi) is 9.12. The minimum Gasteiger partial charge on any atom is -0.497 e. The van der Waals surface area contributed by atoms with Crippen molar-refractivity contribution in [1.29, 1.82) is 0 Å². The standard InChI is InChI=1S/C22H24N4O7S3/c1-14-5-8-16(9-6-14)36(29,30)26(17-11-15(31-2)7-10-18(17)32-3)12-19(27)23-21-24-25-22(35-21)34-13-20(28)33-4/h5-11H,12-13H2,1-4H3,(H,23,24,27). The molecule has 0 bridgehead atoms. The molecule has 3 rings (SSSR count). The first-order valence-corrected chi connectivity index (χ1v) is 13.6. The van der Waals surface area contributed by atoms with Crippen LogP contribution in [0.1, 0.15) is 5.56 Å². The van der Waals surface area contributed by atoms with E-state index in [1.54, 1.807) is 24.3 Å². The first-order chi connectivity index (χ1) is 17.2. The summed E-state index contributed by atoms with van der Waals surface area (Å²) in [6, 6.07) is 10.9. The number of esters is 1. The van der Waals surface area contributed by atoms with Crippen LogP contribution in [-0.4, -0.2) is 64.1 Å². The molecule has 1 amide bonds. The molecule has 11 nitrogen and oxygen atoms in total. The van der Waals surface area contributed by atoms with Crippen molar-refractivity contribution < 1.29 is 32.2 Å². The van der Waals surface area contributed by atoms with E-state index in [0.29, 0.717) is 10.1 Å². The third-order valence-corrected chi connectivity index (χ3v) is 8.46. The molecule has 0 radical (unpaired) electrons. The number of ether oxygens (including phenoxy) is 3. The van der Waals surface area contributed by atoms with Gasteiger partial charge in [0, 0.05) is 6.07 Å². The first kappa shape index (κ1) is 27.2. The predicted octanol–water partition coefficient (Wildman–Crippen LogP) is 2.96. The van der Waals surface area contributed by atoms with Gasteiger partial charge in [0.2, 0.25) is 11.0 Å². The van der Waals surface area contributed by atoms with E-state index >= 15 is 0 Å². The molecule has 2 aromatic carbocycles. The Bertz CT molecular complexity index is 1330. The van der Waals surface area contributed by atoms with Crippen LogP contribution in [0, 0.1) is 6.92 Å². The lowest BCUT2D eigenvalue weighted by Crippen LogP contribution is -2.38. The number of methoxy groups -OCH3 is 3. The van der Waals surface area contributed by atoms with Gasteiger partial charge in [0.25, 0.3) is 10.0 Å². The van der Waals surface area contributed by atoms with Crippen LogP contribution in [0.25, 0.3) is 0 Å². The lowest BCUT2D eigenvalue weighted by atomic mass is 10.2. The lowest BCUT2D eigenvalue weighted by Gasteiger charge is -2.26. The summed E-state index contributed by atoms with van der Waals surface area (Å²) in [5, 5.41) is 10.5. The second-order valence-electron chi connectivity index (χ2n) is 7.15. The maximum atomic E-state index is 13.7. The molecular formula is C22H24N4O7S3. The number of thioether (sulfide) groups is 1. The second-order valence-corrected chi connectivity index (χ2v) is 11.2. The fraction of sp³-hybridized carbons (Fsp3) is 0.273. The van der Waals surface area contributed by atoms with Gasteiger partial charge in [-0.1, -0.05) is 40.8 Å². The van der Waals surface area contributed by atoms with E-state index in [1.807, 2.05) is 6.92 Å². The summed E-state index contributed by atoms with van der Waals surface area (Å²) in [6.07, 6.45) is 0. The van der Waals surface area contributed by atoms with E-state index in [9.17, 15) is 18.0 Å². The van der Waals surface area contributed by atoms with Gasteiger partial charge in [0.05, 0.1) is 37.7 Å². The van der Waals surface area contributed by atoms with Gasteiger partial charge in [0.1, 0.15) is 18.0 Å². The largest absolute Gasteiger partial charge is 0.497 e. The zero-order valence-electron chi connectivity index (χ0n) is 19.9. The van der Waals surface area contributed by atoms with E-state index in [2.05, 4.69) is 20.3 Å². The number of nitrogens with zero attached hydrogens (tertiary/aromatic N) is 3. The van der Waals surface area contributed by atoms with Gasteiger partial charge in [-0.2, -0.15) is 0 Å². The number of aromatic nitrogens is 2. The first-order valence-electron chi connectivity index (χ1n) is 10.3. The minimum absolute atomic E-state index is 0.00295. The number of anilines is 2. The number of aryl methyl sites for hydroxylation is 1. The summed E-state index contributed by atoms with van der Waals surface area (Å²) in [6.45, 7) is 1.26. The Hall–Kier alpha value is -3.36. The molecule has 36 heavy (non-hydrogen) atoms. The normalized spacial score (nSPS) is 11.0. The summed E-state index contributed by atoms with van der Waals surface area (Å²) in [5.41, 5.74) is 1.01. The average Bonchev–Trinajstić information content (AvgIpc) is 3.32. The number of hydrogen-bond acceptors (Lipinski definition) is 11. The number of amides is 1. The molecule has 0 unspecified atom stereocenters. The van der Waals surface area contributed by atoms with Crippen LogP contribution in [0.5, 0.6) is 11.5 Å². The van der Waals surface area contributed by atoms with Crippen LogP contribution >= 0.6 is 23.1 Å². The van der Waals surface area contributed by atoms with Crippen LogP contribution in [-0.2, 0) is 24.3 Å². The quantitative estimate of drug-likeness (QED) is 0.215. The van der Waals surface area contributed by atoms with Crippen molar-refractivity contribution >= 4 is 55.8 Å². The molecule has 0 aliphatic heterocycles. The highest BCUT2D eigenvalue weighted by Gasteiger charge is 2.30. The average molecular weight is 553 g/mol. The number of nitrogens with one attached hydrogen (secondary N) is 1. The van der Waals surface area contributed by atoms with Gasteiger partial charge in [-0.15, -0.1) is 10.2 Å². The number of sulfonamides is 1. The maximum Gasteiger partial charge on any atom is 0.316 e. The summed E-state index contributed by atoms with van der Waals surface area (Å²) < 4.78 is 43.9. The van der Waals surface area contributed by atoms with Crippen molar-refractivity contribution in [1.82, 2.24) is 10.2 Å². The van der Waals surface area contributed by atoms with Crippen molar-refractivity contribution in [3.63, 3.8) is 0 Å². The fourth-order valence-corrected chi connectivity index (χ4v) is 5.94. The van der Waals surface area contributed by atoms with Gasteiger partial charge >= 0.3 is 5.97 Å². The number of carbonyl (C=O) groups is 2. The molecule has 0 saturated carbocycles. The smallest absolute Gasteiger partial charge is 0.316 e. The summed E-state index contributed by atoms with van der Waals surface area (Å²) in [4.78, 5) is 24.3. The zero-order chi connectivity index (χ0) is 26.3. The highest BCUT2D eigenvalue weighted by molar-refractivity contribution is 8.01. The highest BCUT2D eigenvalue weighted by Crippen LogP contribution is 2.36. The molecule has 0 aliphatic rings. The molecular weight excluding hydrogens is 528 g/mol. The molecule has 1 aromatic heterocycles. The van der Waals surface area contributed by atoms with E-state index < -0.39 is 28.4 Å². The molecule has 0 saturated heterocycles. The minimum atomic E-state index is -4.18. The Morgan fingerprint density at radius 2 is 1.78 bits per heavy atom. The molecule has 1 heterocycles. The van der Waals surface area contributed by atoms with Crippen molar-refractivity contribution in [2.24, 2.45) is 0 Å². The van der Waals surface area contributed by atoms with Crippen LogP contribution < -0.4 is 19.1 Å². The molecule has 0 aliphatic carbocycles. The fourth-order valence-electron chi connectivity index (χ4n) is 2.92. The molecule has 14 heteroatoms. The van der Waals surface area contributed by atoms with Crippen LogP contribution in [0.3, 0.4) is 0 Å². The van der Waals surface area contributed by atoms with Crippen LogP contribution in [0.15, 0.2) is 51.7 Å². The van der Waals surface area contributed by atoms with Gasteiger partial charge in [0.15, 0.2) is 4.34 Å². The van der Waals surface area contributed by atoms with E-state index in [0.717, 1.165) is 33.0 Å². The van der Waals surface area contributed by atoms with E-state index in [-0.39, 0.29) is 27.2 Å². The maximum absolute atomic E-state index is 13.7. The molecule has 1 N–H and O–H groups in total. The Labute approximate surface area is 216 Å².